The van der Waals surface area contributed by atoms with Crippen molar-refractivity contribution in [3.63, 3.8) is 0 Å². The van der Waals surface area contributed by atoms with Crippen LogP contribution in [0.2, 0.25) is 0 Å². The first kappa shape index (κ1) is 13.7. The molecule has 0 heterocycles. The van der Waals surface area contributed by atoms with Crippen LogP contribution in [0.3, 0.4) is 0 Å². The molecule has 3 N–H and O–H groups in total. The number of benzene rings is 1. The Morgan fingerprint density at radius 2 is 2.27 bits per heavy atom. The van der Waals surface area contributed by atoms with Gasteiger partial charge in [0.05, 0.1) is 7.11 Å². The number of carboxylic acid groups (broad SMARTS) is 1. The van der Waals surface area contributed by atoms with E-state index in [0.717, 1.165) is 5.56 Å². The van der Waals surface area contributed by atoms with Gasteiger partial charge in [0.25, 0.3) is 0 Å². The lowest BCUT2D eigenvalue weighted by molar-refractivity contribution is -0.138. The van der Waals surface area contributed by atoms with Crippen LogP contribution in [-0.4, -0.2) is 24.2 Å². The van der Waals surface area contributed by atoms with Crippen LogP contribution in [0.25, 0.3) is 0 Å². The van der Waals surface area contributed by atoms with Gasteiger partial charge in [-0.3, -0.25) is 4.79 Å². The molecule has 15 heavy (non-hydrogen) atoms. The average molecular weight is 232 g/mol. The van der Waals surface area contributed by atoms with E-state index in [9.17, 15) is 4.79 Å². The fraction of sp³-hybridized carbons (Fsp3) is 0.300. The van der Waals surface area contributed by atoms with Gasteiger partial charge in [-0.25, -0.2) is 0 Å². The minimum absolute atomic E-state index is 0. The molecule has 0 bridgehead atoms. The molecular formula is C10H14ClNO3. The Bertz CT molecular complexity index is 330. The number of ether oxygens (including phenoxy) is 1. The van der Waals surface area contributed by atoms with Crippen LogP contribution in [0.4, 0.5) is 0 Å². The van der Waals surface area contributed by atoms with Crippen molar-refractivity contribution in [2.75, 3.05) is 7.11 Å². The summed E-state index contributed by atoms with van der Waals surface area (Å²) in [6, 6.07) is 6.36. The van der Waals surface area contributed by atoms with E-state index in [0.29, 0.717) is 12.2 Å². The smallest absolute Gasteiger partial charge is 0.320 e. The maximum Gasteiger partial charge on any atom is 0.320 e. The summed E-state index contributed by atoms with van der Waals surface area (Å²) in [5, 5.41) is 8.61. The van der Waals surface area contributed by atoms with Crippen molar-refractivity contribution in [3.8, 4) is 5.75 Å². The molecule has 0 aliphatic heterocycles. The first-order valence-corrected chi connectivity index (χ1v) is 4.25. The zero-order valence-electron chi connectivity index (χ0n) is 8.34. The molecule has 0 aliphatic carbocycles. The largest absolute Gasteiger partial charge is 0.497 e. The van der Waals surface area contributed by atoms with Crippen molar-refractivity contribution in [2.24, 2.45) is 5.73 Å². The SMILES string of the molecule is COc1cccc(C[C@@H](N)C(=O)O)c1.Cl. The lowest BCUT2D eigenvalue weighted by Gasteiger charge is -2.07. The fourth-order valence-corrected chi connectivity index (χ4v) is 1.14. The molecule has 5 heteroatoms. The molecule has 0 amide bonds. The highest BCUT2D eigenvalue weighted by Crippen LogP contribution is 2.13. The number of hydrogen-bond donors (Lipinski definition) is 2. The van der Waals surface area contributed by atoms with Gasteiger partial charge in [0.2, 0.25) is 0 Å². The lowest BCUT2D eigenvalue weighted by atomic mass is 10.1. The van der Waals surface area contributed by atoms with Gasteiger partial charge >= 0.3 is 5.97 Å². The topological polar surface area (TPSA) is 72.5 Å². The van der Waals surface area contributed by atoms with Gasteiger partial charge in [0.15, 0.2) is 0 Å². The van der Waals surface area contributed by atoms with Crippen molar-refractivity contribution in [1.82, 2.24) is 0 Å². The van der Waals surface area contributed by atoms with Gasteiger partial charge < -0.3 is 15.6 Å². The van der Waals surface area contributed by atoms with Gasteiger partial charge in [0.1, 0.15) is 11.8 Å². The Balaban J connectivity index is 0.00000196. The molecule has 1 atom stereocenters. The van der Waals surface area contributed by atoms with E-state index < -0.39 is 12.0 Å². The van der Waals surface area contributed by atoms with E-state index in [1.54, 1.807) is 19.2 Å². The zero-order chi connectivity index (χ0) is 10.6. The summed E-state index contributed by atoms with van der Waals surface area (Å²) in [7, 11) is 1.57. The van der Waals surface area contributed by atoms with E-state index in [1.165, 1.54) is 0 Å². The molecule has 0 saturated heterocycles. The number of rotatable bonds is 4. The minimum Gasteiger partial charge on any atom is -0.497 e. The Labute approximate surface area is 94.5 Å². The fourth-order valence-electron chi connectivity index (χ4n) is 1.14. The molecule has 0 radical (unpaired) electrons. The molecule has 0 aliphatic rings. The van der Waals surface area contributed by atoms with Gasteiger partial charge in [-0.15, -0.1) is 12.4 Å². The Morgan fingerprint density at radius 3 is 2.80 bits per heavy atom. The molecule has 84 valence electrons. The third-order valence-electron chi connectivity index (χ3n) is 1.91. The van der Waals surface area contributed by atoms with E-state index in [2.05, 4.69) is 0 Å². The number of carbonyl (C=O) groups is 1. The highest BCUT2D eigenvalue weighted by atomic mass is 35.5. The van der Waals surface area contributed by atoms with Crippen LogP contribution in [0.15, 0.2) is 24.3 Å². The first-order chi connectivity index (χ1) is 6.63. The van der Waals surface area contributed by atoms with Gasteiger partial charge in [-0.2, -0.15) is 0 Å². The number of methoxy groups -OCH3 is 1. The van der Waals surface area contributed by atoms with Gasteiger partial charge in [-0.1, -0.05) is 12.1 Å². The third kappa shape index (κ3) is 4.18. The summed E-state index contributed by atoms with van der Waals surface area (Å²) < 4.78 is 5.01. The first-order valence-electron chi connectivity index (χ1n) is 4.25. The van der Waals surface area contributed by atoms with Crippen LogP contribution >= 0.6 is 12.4 Å². The summed E-state index contributed by atoms with van der Waals surface area (Å²) in [6.45, 7) is 0. The molecule has 1 aromatic carbocycles. The minimum atomic E-state index is -0.993. The average Bonchev–Trinajstić information content (AvgIpc) is 2.18. The van der Waals surface area contributed by atoms with Crippen LogP contribution in [0.1, 0.15) is 5.56 Å². The Morgan fingerprint density at radius 1 is 1.60 bits per heavy atom. The lowest BCUT2D eigenvalue weighted by Crippen LogP contribution is -2.32. The Hall–Kier alpha value is -1.26. The molecule has 0 unspecified atom stereocenters. The highest BCUT2D eigenvalue weighted by Gasteiger charge is 2.11. The standard InChI is InChI=1S/C10H13NO3.ClH/c1-14-8-4-2-3-7(5-8)6-9(11)10(12)13;/h2-5,9H,6,11H2,1H3,(H,12,13);1H/t9-;/m1./s1. The number of halogens is 1. The van der Waals surface area contributed by atoms with Crippen molar-refractivity contribution in [2.45, 2.75) is 12.5 Å². The van der Waals surface area contributed by atoms with E-state index in [1.807, 2.05) is 12.1 Å². The summed E-state index contributed by atoms with van der Waals surface area (Å²) in [4.78, 5) is 10.5. The van der Waals surface area contributed by atoms with Crippen LogP contribution in [-0.2, 0) is 11.2 Å². The van der Waals surface area contributed by atoms with Crippen LogP contribution < -0.4 is 10.5 Å². The second-order valence-electron chi connectivity index (χ2n) is 3.00. The molecular weight excluding hydrogens is 218 g/mol. The normalized spacial score (nSPS) is 11.3. The summed E-state index contributed by atoms with van der Waals surface area (Å²) in [6.07, 6.45) is 0.312. The molecule has 1 aromatic rings. The maximum absolute atomic E-state index is 10.5. The van der Waals surface area contributed by atoms with Gasteiger partial charge in [0, 0.05) is 0 Å². The Kier molecular flexibility index (Phi) is 5.74. The summed E-state index contributed by atoms with van der Waals surface area (Å²) in [5.74, 6) is -0.284. The summed E-state index contributed by atoms with van der Waals surface area (Å²) >= 11 is 0. The van der Waals surface area contributed by atoms with Crippen molar-refractivity contribution >= 4 is 18.4 Å². The predicted molar refractivity (Wildman–Crippen MR) is 59.6 cm³/mol. The van der Waals surface area contributed by atoms with Crippen LogP contribution in [0.5, 0.6) is 5.75 Å². The highest BCUT2D eigenvalue weighted by molar-refractivity contribution is 5.85. The predicted octanol–water partition coefficient (Wildman–Crippen LogP) is 1.07. The molecule has 1 rings (SSSR count). The number of aliphatic carboxylic acids is 1. The molecule has 0 aromatic heterocycles. The van der Waals surface area contributed by atoms with E-state index in [4.69, 9.17) is 15.6 Å². The second-order valence-corrected chi connectivity index (χ2v) is 3.00. The molecule has 4 nitrogen and oxygen atoms in total. The monoisotopic (exact) mass is 231 g/mol. The third-order valence-corrected chi connectivity index (χ3v) is 1.91. The quantitative estimate of drug-likeness (QED) is 0.813. The second kappa shape index (κ2) is 6.27. The van der Waals surface area contributed by atoms with E-state index in [-0.39, 0.29) is 12.4 Å². The molecule has 0 saturated carbocycles. The van der Waals surface area contributed by atoms with Crippen LogP contribution in [0, 0.1) is 0 Å². The molecule has 0 fully saturated rings. The zero-order valence-corrected chi connectivity index (χ0v) is 9.16. The maximum atomic E-state index is 10.5. The van der Waals surface area contributed by atoms with Crippen molar-refractivity contribution in [1.29, 1.82) is 0 Å². The molecule has 0 spiro atoms. The van der Waals surface area contributed by atoms with Crippen molar-refractivity contribution < 1.29 is 14.6 Å². The number of carboxylic acids is 1. The van der Waals surface area contributed by atoms with Crippen molar-refractivity contribution in [3.05, 3.63) is 29.8 Å². The van der Waals surface area contributed by atoms with Gasteiger partial charge in [-0.05, 0) is 24.1 Å². The number of hydrogen-bond acceptors (Lipinski definition) is 3. The summed E-state index contributed by atoms with van der Waals surface area (Å²) in [5.41, 5.74) is 6.26. The number of nitrogens with two attached hydrogens (primary N) is 1. The van der Waals surface area contributed by atoms with E-state index >= 15 is 0 Å².